The van der Waals surface area contributed by atoms with Gasteiger partial charge in [0.05, 0.1) is 12.7 Å². The van der Waals surface area contributed by atoms with Crippen molar-refractivity contribution < 1.29 is 9.53 Å². The number of carbonyl (C=O) groups excluding carboxylic acids is 1. The van der Waals surface area contributed by atoms with Crippen LogP contribution < -0.4 is 11.1 Å². The molecule has 21 heavy (non-hydrogen) atoms. The summed E-state index contributed by atoms with van der Waals surface area (Å²) in [7, 11) is 3.55. The van der Waals surface area contributed by atoms with Crippen molar-refractivity contribution in [1.29, 1.82) is 0 Å². The average molecular weight is 291 g/mol. The number of nitrogens with one attached hydrogen (secondary N) is 1. The highest BCUT2D eigenvalue weighted by Gasteiger charge is 2.17. The van der Waals surface area contributed by atoms with Gasteiger partial charge in [0.2, 0.25) is 0 Å². The molecule has 0 aromatic heterocycles. The van der Waals surface area contributed by atoms with Crippen molar-refractivity contribution in [2.45, 2.75) is 19.3 Å². The van der Waals surface area contributed by atoms with Gasteiger partial charge in [-0.15, -0.1) is 0 Å². The highest BCUT2D eigenvalue weighted by molar-refractivity contribution is 5.96. The molecule has 1 fully saturated rings. The number of rotatable bonds is 5. The molecule has 2 rings (SSSR count). The van der Waals surface area contributed by atoms with E-state index in [-0.39, 0.29) is 5.97 Å². The Morgan fingerprint density at radius 3 is 2.81 bits per heavy atom. The number of anilines is 2. The number of nitrogen functional groups attached to an aromatic ring is 1. The second-order valence-electron chi connectivity index (χ2n) is 5.76. The van der Waals surface area contributed by atoms with Crippen LogP contribution in [0, 0.1) is 5.92 Å². The number of carbonyl (C=O) groups is 1. The second-order valence-corrected chi connectivity index (χ2v) is 5.76. The molecular weight excluding hydrogens is 266 g/mol. The van der Waals surface area contributed by atoms with Crippen LogP contribution in [0.2, 0.25) is 0 Å². The predicted octanol–water partition coefficient (Wildman–Crippen LogP) is 2.20. The summed E-state index contributed by atoms with van der Waals surface area (Å²) in [5, 5.41) is 3.34. The zero-order valence-corrected chi connectivity index (χ0v) is 12.9. The summed E-state index contributed by atoms with van der Waals surface area (Å²) in [6, 6.07) is 5.30. The number of hydrogen-bond acceptors (Lipinski definition) is 5. The molecule has 0 atom stereocenters. The number of esters is 1. The van der Waals surface area contributed by atoms with Gasteiger partial charge in [-0.3, -0.25) is 0 Å². The van der Waals surface area contributed by atoms with Gasteiger partial charge in [0.25, 0.3) is 0 Å². The van der Waals surface area contributed by atoms with Gasteiger partial charge in [-0.05, 0) is 63.5 Å². The van der Waals surface area contributed by atoms with Gasteiger partial charge in [0.15, 0.2) is 0 Å². The largest absolute Gasteiger partial charge is 0.465 e. The van der Waals surface area contributed by atoms with Crippen molar-refractivity contribution >= 4 is 17.3 Å². The van der Waals surface area contributed by atoms with Crippen LogP contribution in [0.1, 0.15) is 29.6 Å². The van der Waals surface area contributed by atoms with Crippen LogP contribution in [-0.2, 0) is 4.74 Å². The highest BCUT2D eigenvalue weighted by atomic mass is 16.5. The van der Waals surface area contributed by atoms with Crippen molar-refractivity contribution in [2.24, 2.45) is 5.92 Å². The average Bonchev–Trinajstić information content (AvgIpc) is 2.50. The van der Waals surface area contributed by atoms with Gasteiger partial charge >= 0.3 is 5.97 Å². The summed E-state index contributed by atoms with van der Waals surface area (Å²) >= 11 is 0. The maximum Gasteiger partial charge on any atom is 0.340 e. The van der Waals surface area contributed by atoms with E-state index in [1.54, 1.807) is 12.1 Å². The Balaban J connectivity index is 1.89. The monoisotopic (exact) mass is 291 g/mol. The van der Waals surface area contributed by atoms with Crippen molar-refractivity contribution in [1.82, 2.24) is 4.90 Å². The first-order valence-electron chi connectivity index (χ1n) is 7.50. The topological polar surface area (TPSA) is 67.6 Å². The molecule has 1 aromatic carbocycles. The summed E-state index contributed by atoms with van der Waals surface area (Å²) in [5.41, 5.74) is 7.60. The molecule has 3 N–H and O–H groups in total. The molecule has 0 radical (unpaired) electrons. The summed E-state index contributed by atoms with van der Waals surface area (Å²) in [5.74, 6) is 0.410. The molecule has 0 aliphatic carbocycles. The van der Waals surface area contributed by atoms with Gasteiger partial charge in [0.1, 0.15) is 0 Å². The molecule has 1 aliphatic rings. The Bertz CT molecular complexity index is 482. The van der Waals surface area contributed by atoms with Crippen LogP contribution in [0.15, 0.2) is 18.2 Å². The highest BCUT2D eigenvalue weighted by Crippen LogP contribution is 2.22. The first-order valence-corrected chi connectivity index (χ1v) is 7.50. The Morgan fingerprint density at radius 2 is 2.14 bits per heavy atom. The van der Waals surface area contributed by atoms with Crippen LogP contribution in [0.25, 0.3) is 0 Å². The number of ether oxygens (including phenoxy) is 1. The number of nitrogens with zero attached hydrogens (tertiary/aromatic N) is 1. The lowest BCUT2D eigenvalue weighted by Crippen LogP contribution is -2.30. The Labute approximate surface area is 126 Å². The van der Waals surface area contributed by atoms with Crippen LogP contribution in [0.3, 0.4) is 0 Å². The van der Waals surface area contributed by atoms with Crippen LogP contribution in [0.5, 0.6) is 0 Å². The number of methoxy groups -OCH3 is 1. The fourth-order valence-corrected chi connectivity index (χ4v) is 2.76. The van der Waals surface area contributed by atoms with Crippen molar-refractivity contribution in [3.05, 3.63) is 23.8 Å². The molecule has 116 valence electrons. The number of nitrogens with two attached hydrogens (primary N) is 1. The smallest absolute Gasteiger partial charge is 0.340 e. The van der Waals surface area contributed by atoms with E-state index < -0.39 is 0 Å². The van der Waals surface area contributed by atoms with E-state index >= 15 is 0 Å². The molecule has 1 heterocycles. The molecule has 5 nitrogen and oxygen atoms in total. The fourth-order valence-electron chi connectivity index (χ4n) is 2.76. The maximum atomic E-state index is 11.8. The van der Waals surface area contributed by atoms with Gasteiger partial charge < -0.3 is 20.7 Å². The summed E-state index contributed by atoms with van der Waals surface area (Å²) in [4.78, 5) is 14.1. The predicted molar refractivity (Wildman–Crippen MR) is 85.5 cm³/mol. The molecule has 1 aromatic rings. The molecule has 0 spiro atoms. The van der Waals surface area contributed by atoms with Crippen molar-refractivity contribution in [3.8, 4) is 0 Å². The molecule has 0 unspecified atom stereocenters. The van der Waals surface area contributed by atoms with Crippen molar-refractivity contribution in [2.75, 3.05) is 44.8 Å². The Hall–Kier alpha value is -1.75. The Kier molecular flexibility index (Phi) is 5.44. The fraction of sp³-hybridized carbons (Fsp3) is 0.562. The third kappa shape index (κ3) is 4.36. The van der Waals surface area contributed by atoms with Gasteiger partial charge in [0, 0.05) is 17.9 Å². The molecular formula is C16H25N3O2. The van der Waals surface area contributed by atoms with Crippen LogP contribution in [0.4, 0.5) is 11.4 Å². The number of piperidine rings is 1. The van der Waals surface area contributed by atoms with E-state index in [0.717, 1.165) is 24.6 Å². The van der Waals surface area contributed by atoms with E-state index in [9.17, 15) is 4.79 Å². The molecule has 5 heteroatoms. The summed E-state index contributed by atoms with van der Waals surface area (Å²) in [6.07, 6.45) is 3.63. The normalized spacial score (nSPS) is 16.7. The quantitative estimate of drug-likeness (QED) is 0.643. The number of benzene rings is 1. The van der Waals surface area contributed by atoms with Gasteiger partial charge in [-0.25, -0.2) is 4.79 Å². The summed E-state index contributed by atoms with van der Waals surface area (Å²) < 4.78 is 4.80. The minimum Gasteiger partial charge on any atom is -0.465 e. The number of hydrogen-bond donors (Lipinski definition) is 2. The van der Waals surface area contributed by atoms with Crippen LogP contribution in [-0.4, -0.2) is 44.7 Å². The first kappa shape index (κ1) is 15.6. The Morgan fingerprint density at radius 1 is 1.43 bits per heavy atom. The maximum absolute atomic E-state index is 11.8. The molecule has 1 aliphatic heterocycles. The minimum atomic E-state index is -0.357. The van der Waals surface area contributed by atoms with Crippen LogP contribution >= 0.6 is 0 Å². The molecule has 0 bridgehead atoms. The third-order valence-corrected chi connectivity index (χ3v) is 4.16. The number of likely N-dealkylation sites (tertiary alicyclic amines) is 1. The first-order chi connectivity index (χ1) is 10.1. The SMILES string of the molecule is COC(=O)c1cc(N)ccc1NCCC1CCN(C)CC1. The zero-order valence-electron chi connectivity index (χ0n) is 12.9. The van der Waals surface area contributed by atoms with E-state index in [0.29, 0.717) is 11.3 Å². The lowest BCUT2D eigenvalue weighted by atomic mass is 9.94. The van der Waals surface area contributed by atoms with E-state index in [4.69, 9.17) is 10.5 Å². The molecule has 0 amide bonds. The minimum absolute atomic E-state index is 0.357. The summed E-state index contributed by atoms with van der Waals surface area (Å²) in [6.45, 7) is 3.22. The standard InChI is InChI=1S/C16H25N3O2/c1-19-9-6-12(7-10-19)5-8-18-15-4-3-13(17)11-14(15)16(20)21-2/h3-4,11-12,18H,5-10,17H2,1-2H3. The lowest BCUT2D eigenvalue weighted by Gasteiger charge is -2.29. The second kappa shape index (κ2) is 7.31. The lowest BCUT2D eigenvalue weighted by molar-refractivity contribution is 0.0602. The zero-order chi connectivity index (χ0) is 15.2. The molecule has 1 saturated heterocycles. The van der Waals surface area contributed by atoms with E-state index in [1.807, 2.05) is 6.07 Å². The van der Waals surface area contributed by atoms with Crippen molar-refractivity contribution in [3.63, 3.8) is 0 Å². The van der Waals surface area contributed by atoms with E-state index in [1.165, 1.54) is 33.0 Å². The van der Waals surface area contributed by atoms with Gasteiger partial charge in [-0.1, -0.05) is 0 Å². The van der Waals surface area contributed by atoms with Gasteiger partial charge in [-0.2, -0.15) is 0 Å². The third-order valence-electron chi connectivity index (χ3n) is 4.16. The van der Waals surface area contributed by atoms with E-state index in [2.05, 4.69) is 17.3 Å². The molecule has 0 saturated carbocycles.